The molecule has 0 aromatic heterocycles. The van der Waals surface area contributed by atoms with E-state index in [1.807, 2.05) is 66.7 Å². The van der Waals surface area contributed by atoms with Crippen molar-refractivity contribution in [2.75, 3.05) is 6.61 Å². The zero-order valence-corrected chi connectivity index (χ0v) is 16.4. The highest BCUT2D eigenvalue weighted by Gasteiger charge is 2.61. The van der Waals surface area contributed by atoms with Gasteiger partial charge in [0.15, 0.2) is 0 Å². The van der Waals surface area contributed by atoms with Gasteiger partial charge in [-0.1, -0.05) is 49.4 Å². The maximum atomic E-state index is 13.2. The van der Waals surface area contributed by atoms with Gasteiger partial charge in [0, 0.05) is 16.7 Å². The van der Waals surface area contributed by atoms with Crippen LogP contribution in [-0.2, 0) is 11.3 Å². The van der Waals surface area contributed by atoms with Crippen LogP contribution < -0.4 is 4.74 Å². The molecule has 3 aromatic rings. The van der Waals surface area contributed by atoms with E-state index in [4.69, 9.17) is 21.1 Å². The van der Waals surface area contributed by atoms with Crippen LogP contribution in [0, 0.1) is 11.2 Å². The van der Waals surface area contributed by atoms with Gasteiger partial charge in [0.25, 0.3) is 0 Å². The predicted octanol–water partition coefficient (Wildman–Crippen LogP) is 6.55. The highest BCUT2D eigenvalue weighted by molar-refractivity contribution is 6.24. The summed E-state index contributed by atoms with van der Waals surface area (Å²) in [6.07, 6.45) is 0. The van der Waals surface area contributed by atoms with E-state index in [2.05, 4.69) is 6.92 Å². The first kappa shape index (κ1) is 19.0. The summed E-state index contributed by atoms with van der Waals surface area (Å²) in [5.74, 6) is 1.54. The van der Waals surface area contributed by atoms with Crippen molar-refractivity contribution >= 4 is 11.6 Å². The van der Waals surface area contributed by atoms with E-state index in [9.17, 15) is 4.39 Å². The van der Waals surface area contributed by atoms with Crippen LogP contribution in [0.1, 0.15) is 24.0 Å². The van der Waals surface area contributed by atoms with Crippen molar-refractivity contribution in [3.05, 3.63) is 95.8 Å². The number of hydrogen-bond donors (Lipinski definition) is 0. The molecule has 3 aromatic carbocycles. The van der Waals surface area contributed by atoms with Crippen LogP contribution in [0.25, 0.3) is 0 Å². The Morgan fingerprint density at radius 1 is 0.929 bits per heavy atom. The number of rotatable bonds is 7. The monoisotopic (exact) mass is 396 g/mol. The first-order valence-corrected chi connectivity index (χ1v) is 9.79. The molecule has 0 spiro atoms. The van der Waals surface area contributed by atoms with Gasteiger partial charge in [-0.3, -0.25) is 0 Å². The second-order valence-electron chi connectivity index (χ2n) is 7.49. The molecule has 0 saturated heterocycles. The van der Waals surface area contributed by atoms with Gasteiger partial charge < -0.3 is 9.47 Å². The number of para-hydroxylation sites is 1. The Hall–Kier alpha value is -2.36. The number of benzene rings is 3. The van der Waals surface area contributed by atoms with E-state index in [1.165, 1.54) is 12.1 Å². The third-order valence-corrected chi connectivity index (χ3v) is 6.06. The van der Waals surface area contributed by atoms with Crippen LogP contribution in [-0.4, -0.2) is 12.0 Å². The maximum absolute atomic E-state index is 13.2. The second-order valence-corrected chi connectivity index (χ2v) is 7.96. The summed E-state index contributed by atoms with van der Waals surface area (Å²) in [6.45, 7) is 3.15. The van der Waals surface area contributed by atoms with E-state index < -0.39 is 0 Å². The van der Waals surface area contributed by atoms with Crippen LogP contribution in [0.2, 0.25) is 0 Å². The standard InChI is InChI=1S/C24H22ClFO2/c1-24(22(23(24)25)18-10-12-19(26)13-11-18)16-27-15-17-6-5-9-21(14-17)28-20-7-3-2-4-8-20/h2-14,22-23H,15-16H2,1H3/t22-,23+,24+/m0/s1. The van der Waals surface area contributed by atoms with Gasteiger partial charge in [-0.25, -0.2) is 4.39 Å². The summed E-state index contributed by atoms with van der Waals surface area (Å²) < 4.78 is 25.0. The van der Waals surface area contributed by atoms with E-state index in [0.717, 1.165) is 22.6 Å². The normalized spacial score (nSPS) is 23.4. The minimum Gasteiger partial charge on any atom is -0.457 e. The molecule has 1 saturated carbocycles. The summed E-state index contributed by atoms with van der Waals surface area (Å²) in [7, 11) is 0. The molecule has 0 aliphatic heterocycles. The largest absolute Gasteiger partial charge is 0.457 e. The van der Waals surface area contributed by atoms with Crippen molar-refractivity contribution in [1.29, 1.82) is 0 Å². The molecule has 1 fully saturated rings. The fourth-order valence-electron chi connectivity index (χ4n) is 3.61. The summed E-state index contributed by atoms with van der Waals surface area (Å²) in [6, 6.07) is 24.2. The van der Waals surface area contributed by atoms with E-state index >= 15 is 0 Å². The number of halogens is 2. The second kappa shape index (κ2) is 7.94. The molecule has 0 amide bonds. The number of hydrogen-bond acceptors (Lipinski definition) is 2. The maximum Gasteiger partial charge on any atom is 0.127 e. The molecule has 4 heteroatoms. The average Bonchev–Trinajstić information content (AvgIpc) is 3.24. The van der Waals surface area contributed by atoms with E-state index in [0.29, 0.717) is 13.2 Å². The van der Waals surface area contributed by atoms with Gasteiger partial charge in [0.2, 0.25) is 0 Å². The van der Waals surface area contributed by atoms with Gasteiger partial charge in [0.1, 0.15) is 17.3 Å². The Balaban J connectivity index is 1.34. The molecular weight excluding hydrogens is 375 g/mol. The van der Waals surface area contributed by atoms with Crippen LogP contribution in [0.15, 0.2) is 78.9 Å². The summed E-state index contributed by atoms with van der Waals surface area (Å²) in [5.41, 5.74) is 1.96. The van der Waals surface area contributed by atoms with E-state index in [-0.39, 0.29) is 22.5 Å². The molecule has 0 unspecified atom stereocenters. The molecule has 144 valence electrons. The summed E-state index contributed by atoms with van der Waals surface area (Å²) in [5, 5.41) is -0.00860. The summed E-state index contributed by atoms with van der Waals surface area (Å²) in [4.78, 5) is 0. The van der Waals surface area contributed by atoms with Crippen molar-refractivity contribution in [2.24, 2.45) is 5.41 Å². The lowest BCUT2D eigenvalue weighted by Gasteiger charge is -2.13. The van der Waals surface area contributed by atoms with E-state index in [1.54, 1.807) is 0 Å². The predicted molar refractivity (Wildman–Crippen MR) is 110 cm³/mol. The van der Waals surface area contributed by atoms with Gasteiger partial charge in [-0.15, -0.1) is 11.6 Å². The van der Waals surface area contributed by atoms with Crippen LogP contribution in [0.4, 0.5) is 4.39 Å². The highest BCUT2D eigenvalue weighted by atomic mass is 35.5. The molecular formula is C24H22ClFO2. The Morgan fingerprint density at radius 2 is 1.64 bits per heavy atom. The molecule has 3 atom stereocenters. The molecule has 1 aliphatic rings. The number of alkyl halides is 1. The Bertz CT molecular complexity index is 929. The van der Waals surface area contributed by atoms with Gasteiger partial charge >= 0.3 is 0 Å². The Morgan fingerprint density at radius 3 is 2.39 bits per heavy atom. The molecule has 0 radical (unpaired) electrons. The minimum atomic E-state index is -0.230. The van der Waals surface area contributed by atoms with Crippen LogP contribution in [0.5, 0.6) is 11.5 Å². The molecule has 28 heavy (non-hydrogen) atoms. The lowest BCUT2D eigenvalue weighted by atomic mass is 10.0. The Labute approximate surface area is 169 Å². The van der Waals surface area contributed by atoms with Crippen LogP contribution in [0.3, 0.4) is 0 Å². The third kappa shape index (κ3) is 4.06. The smallest absolute Gasteiger partial charge is 0.127 e. The van der Waals surface area contributed by atoms with Crippen LogP contribution >= 0.6 is 11.6 Å². The Kier molecular flexibility index (Phi) is 5.38. The lowest BCUT2D eigenvalue weighted by molar-refractivity contribution is 0.0823. The molecule has 0 N–H and O–H groups in total. The molecule has 0 bridgehead atoms. The molecule has 2 nitrogen and oxygen atoms in total. The van der Waals surface area contributed by atoms with Crippen molar-refractivity contribution in [1.82, 2.24) is 0 Å². The van der Waals surface area contributed by atoms with Gasteiger partial charge in [0.05, 0.1) is 13.2 Å². The quantitative estimate of drug-likeness (QED) is 0.422. The fourth-order valence-corrected chi connectivity index (χ4v) is 4.17. The highest BCUT2D eigenvalue weighted by Crippen LogP contribution is 2.62. The van der Waals surface area contributed by atoms with Crippen molar-refractivity contribution < 1.29 is 13.9 Å². The lowest BCUT2D eigenvalue weighted by Crippen LogP contribution is -2.10. The first-order chi connectivity index (χ1) is 13.6. The molecule has 1 aliphatic carbocycles. The average molecular weight is 397 g/mol. The SMILES string of the molecule is C[C@]1(COCc2cccc(Oc3ccccc3)c2)[C@H](Cl)[C@@H]1c1ccc(F)cc1. The van der Waals surface area contributed by atoms with Gasteiger partial charge in [-0.05, 0) is 47.5 Å². The number of ether oxygens (including phenoxy) is 2. The zero-order chi connectivity index (χ0) is 19.6. The third-order valence-electron chi connectivity index (χ3n) is 5.31. The van der Waals surface area contributed by atoms with Gasteiger partial charge in [-0.2, -0.15) is 0 Å². The topological polar surface area (TPSA) is 18.5 Å². The summed E-state index contributed by atoms with van der Waals surface area (Å²) >= 11 is 6.54. The van der Waals surface area contributed by atoms with Crippen molar-refractivity contribution in [2.45, 2.75) is 24.8 Å². The molecule has 0 heterocycles. The molecule has 4 rings (SSSR count). The fraction of sp³-hybridized carbons (Fsp3) is 0.250. The first-order valence-electron chi connectivity index (χ1n) is 9.35. The minimum absolute atomic E-state index is 0.00860. The zero-order valence-electron chi connectivity index (χ0n) is 15.6. The van der Waals surface area contributed by atoms with Crippen molar-refractivity contribution in [3.63, 3.8) is 0 Å². The van der Waals surface area contributed by atoms with Crippen molar-refractivity contribution in [3.8, 4) is 11.5 Å².